The highest BCUT2D eigenvalue weighted by Crippen LogP contribution is 2.30. The summed E-state index contributed by atoms with van der Waals surface area (Å²) in [4.78, 5) is 42.6. The van der Waals surface area contributed by atoms with Crippen LogP contribution in [0.25, 0.3) is 0 Å². The van der Waals surface area contributed by atoms with E-state index < -0.39 is 34.5 Å². The van der Waals surface area contributed by atoms with E-state index in [2.05, 4.69) is 10.3 Å². The van der Waals surface area contributed by atoms with Crippen LogP contribution in [0.3, 0.4) is 0 Å². The van der Waals surface area contributed by atoms with Gasteiger partial charge in [0.15, 0.2) is 0 Å². The van der Waals surface area contributed by atoms with E-state index in [1.54, 1.807) is 31.3 Å². The predicted molar refractivity (Wildman–Crippen MR) is 138 cm³/mol. The third kappa shape index (κ3) is 6.77. The number of aliphatic imine (C=N–C) groups is 1. The first-order valence-electron chi connectivity index (χ1n) is 11.0. The Hall–Kier alpha value is -3.19. The molecule has 0 saturated carbocycles. The summed E-state index contributed by atoms with van der Waals surface area (Å²) < 4.78 is 26.4. The normalized spacial score (nSPS) is 13.4. The summed E-state index contributed by atoms with van der Waals surface area (Å²) in [6.45, 7) is 0.0776. The van der Waals surface area contributed by atoms with E-state index in [0.717, 1.165) is 9.87 Å². The quantitative estimate of drug-likeness (QED) is 0.474. The highest BCUT2D eigenvalue weighted by atomic mass is 35.5. The Kier molecular flexibility index (Phi) is 9.13. The summed E-state index contributed by atoms with van der Waals surface area (Å²) in [5.74, 6) is -0.690. The molecule has 0 radical (unpaired) electrons. The Morgan fingerprint density at radius 3 is 2.30 bits per heavy atom. The lowest BCUT2D eigenvalue weighted by atomic mass is 10.1. The minimum atomic E-state index is -4.14. The second-order valence-corrected chi connectivity index (χ2v) is 11.0. The van der Waals surface area contributed by atoms with Crippen molar-refractivity contribution in [2.75, 3.05) is 40.3 Å². The molecule has 0 fully saturated rings. The largest absolute Gasteiger partial charge is 0.465 e. The van der Waals surface area contributed by atoms with Crippen LogP contribution in [0.1, 0.15) is 11.1 Å². The number of hydrogen-bond acceptors (Lipinski definition) is 6. The number of benzene rings is 2. The number of rotatable bonds is 9. The summed E-state index contributed by atoms with van der Waals surface area (Å²) >= 11 is 12.0. The van der Waals surface area contributed by atoms with Crippen molar-refractivity contribution in [2.45, 2.75) is 11.4 Å². The van der Waals surface area contributed by atoms with Gasteiger partial charge in [-0.2, -0.15) is 4.31 Å². The molecule has 0 aromatic heterocycles. The molecule has 0 bridgehead atoms. The molecular weight excluding hydrogens is 545 g/mol. The first-order valence-corrected chi connectivity index (χ1v) is 13.2. The fourth-order valence-electron chi connectivity index (χ4n) is 3.54. The van der Waals surface area contributed by atoms with Crippen LogP contribution in [-0.4, -0.2) is 91.6 Å². The van der Waals surface area contributed by atoms with Crippen LogP contribution < -0.4 is 5.32 Å². The maximum atomic E-state index is 12.8. The molecule has 0 spiro atoms. The highest BCUT2D eigenvalue weighted by Gasteiger charge is 2.28. The van der Waals surface area contributed by atoms with Gasteiger partial charge in [0.25, 0.3) is 0 Å². The Balaban J connectivity index is 1.52. The molecule has 198 valence electrons. The molecule has 0 unspecified atom stereocenters. The van der Waals surface area contributed by atoms with Gasteiger partial charge in [-0.15, -0.1) is 0 Å². The molecule has 1 aliphatic heterocycles. The van der Waals surface area contributed by atoms with Crippen LogP contribution in [0.15, 0.2) is 52.4 Å². The van der Waals surface area contributed by atoms with Gasteiger partial charge in [0.1, 0.15) is 10.7 Å². The minimum absolute atomic E-state index is 0.0694. The van der Waals surface area contributed by atoms with Gasteiger partial charge in [-0.3, -0.25) is 19.5 Å². The topological polar surface area (TPSA) is 140 Å². The molecule has 0 atom stereocenters. The lowest BCUT2D eigenvalue weighted by molar-refractivity contribution is -0.132. The van der Waals surface area contributed by atoms with Gasteiger partial charge in [0.2, 0.25) is 21.8 Å². The zero-order valence-corrected chi connectivity index (χ0v) is 22.3. The number of carbonyl (C=O) groups excluding carboxylic acids is 2. The van der Waals surface area contributed by atoms with Crippen molar-refractivity contribution in [3.8, 4) is 0 Å². The number of amides is 3. The summed E-state index contributed by atoms with van der Waals surface area (Å²) in [7, 11) is -1.37. The number of carboxylic acid groups (broad SMARTS) is 1. The molecule has 1 heterocycles. The van der Waals surface area contributed by atoms with Gasteiger partial charge in [-0.25, -0.2) is 13.2 Å². The van der Waals surface area contributed by atoms with Crippen molar-refractivity contribution >= 4 is 57.0 Å². The van der Waals surface area contributed by atoms with Crippen molar-refractivity contribution in [3.63, 3.8) is 0 Å². The number of sulfonamides is 1. The van der Waals surface area contributed by atoms with Crippen molar-refractivity contribution < 1.29 is 27.9 Å². The molecule has 2 aromatic rings. The first kappa shape index (κ1) is 28.4. The Morgan fingerprint density at radius 1 is 1.08 bits per heavy atom. The Morgan fingerprint density at radius 2 is 1.70 bits per heavy atom. The molecular formula is C23H25Cl2N5O6S. The van der Waals surface area contributed by atoms with E-state index >= 15 is 0 Å². The Bertz CT molecular complexity index is 1310. The lowest BCUT2D eigenvalue weighted by Crippen LogP contribution is -2.43. The lowest BCUT2D eigenvalue weighted by Gasteiger charge is -2.20. The van der Waals surface area contributed by atoms with Crippen LogP contribution in [0.4, 0.5) is 4.79 Å². The summed E-state index contributed by atoms with van der Waals surface area (Å²) in [5, 5.41) is 11.5. The first-order chi connectivity index (χ1) is 17.4. The molecule has 3 amide bonds. The molecule has 14 heteroatoms. The predicted octanol–water partition coefficient (Wildman–Crippen LogP) is 2.13. The second kappa shape index (κ2) is 11.9. The zero-order valence-electron chi connectivity index (χ0n) is 20.0. The van der Waals surface area contributed by atoms with Gasteiger partial charge in [-0.1, -0.05) is 53.5 Å². The Labute approximate surface area is 224 Å². The maximum absolute atomic E-state index is 12.8. The summed E-state index contributed by atoms with van der Waals surface area (Å²) in [6, 6.07) is 11.3. The van der Waals surface area contributed by atoms with E-state index in [1.165, 1.54) is 35.0 Å². The van der Waals surface area contributed by atoms with Crippen molar-refractivity contribution in [2.24, 2.45) is 4.99 Å². The van der Waals surface area contributed by atoms with E-state index in [9.17, 15) is 27.9 Å². The van der Waals surface area contributed by atoms with Crippen LogP contribution >= 0.6 is 23.2 Å². The second-order valence-electron chi connectivity index (χ2n) is 8.17. The number of hydrogen-bond donors (Lipinski definition) is 2. The molecule has 2 aromatic carbocycles. The fraction of sp³-hybridized carbons (Fsp3) is 0.304. The summed E-state index contributed by atoms with van der Waals surface area (Å²) in [6.07, 6.45) is -1.07. The maximum Gasteiger partial charge on any atom is 0.413 e. The van der Waals surface area contributed by atoms with E-state index in [4.69, 9.17) is 23.2 Å². The molecule has 3 rings (SSSR count). The van der Waals surface area contributed by atoms with Crippen LogP contribution in [0, 0.1) is 0 Å². The van der Waals surface area contributed by atoms with Gasteiger partial charge >= 0.3 is 6.09 Å². The molecule has 37 heavy (non-hydrogen) atoms. The number of nitrogens with zero attached hydrogens (tertiary/aromatic N) is 4. The third-order valence-corrected chi connectivity index (χ3v) is 8.28. The minimum Gasteiger partial charge on any atom is -0.465 e. The molecule has 0 aliphatic carbocycles. The van der Waals surface area contributed by atoms with Crippen LogP contribution in [-0.2, 0) is 26.2 Å². The molecule has 11 nitrogen and oxygen atoms in total. The molecule has 0 saturated heterocycles. The zero-order chi connectivity index (χ0) is 27.3. The van der Waals surface area contributed by atoms with E-state index in [-0.39, 0.29) is 28.0 Å². The number of amidine groups is 1. The number of nitrogens with one attached hydrogen (secondary N) is 1. The van der Waals surface area contributed by atoms with Gasteiger partial charge in [0, 0.05) is 26.2 Å². The van der Waals surface area contributed by atoms with Gasteiger partial charge in [-0.05, 0) is 17.7 Å². The SMILES string of the molecule is CN(Cc1ccc(C2=NCCN2C(=O)O)cc1)C(=O)CNC(=O)CN(C)S(=O)(=O)c1c(Cl)cccc1Cl. The summed E-state index contributed by atoms with van der Waals surface area (Å²) in [5.41, 5.74) is 1.44. The standard InChI is InChI=1S/C23H25Cl2N5O6S/c1-28(13-15-6-8-16(9-7-15)22-26-10-11-30(22)23(33)34)20(32)12-27-19(31)14-29(2)37(35,36)21-17(24)4-3-5-18(21)25/h3-9H,10-14H2,1-2H3,(H,27,31)(H,33,34). The van der Waals surface area contributed by atoms with E-state index in [0.29, 0.717) is 24.5 Å². The van der Waals surface area contributed by atoms with Crippen molar-refractivity contribution in [3.05, 3.63) is 63.6 Å². The average molecular weight is 570 g/mol. The van der Waals surface area contributed by atoms with Gasteiger partial charge in [0.05, 0.1) is 36.2 Å². The average Bonchev–Trinajstić information content (AvgIpc) is 3.33. The molecule has 2 N–H and O–H groups in total. The van der Waals surface area contributed by atoms with Gasteiger partial charge < -0.3 is 15.3 Å². The van der Waals surface area contributed by atoms with Crippen LogP contribution in [0.2, 0.25) is 10.0 Å². The third-order valence-electron chi connectivity index (χ3n) is 5.52. The van der Waals surface area contributed by atoms with E-state index in [1.807, 2.05) is 0 Å². The monoisotopic (exact) mass is 569 g/mol. The smallest absolute Gasteiger partial charge is 0.413 e. The number of likely N-dealkylation sites (N-methyl/N-ethyl adjacent to an activating group) is 2. The van der Waals surface area contributed by atoms with Crippen molar-refractivity contribution in [1.82, 2.24) is 19.4 Å². The number of carbonyl (C=O) groups is 3. The molecule has 1 aliphatic rings. The highest BCUT2D eigenvalue weighted by molar-refractivity contribution is 7.89. The van der Waals surface area contributed by atoms with Crippen molar-refractivity contribution in [1.29, 1.82) is 0 Å². The fourth-order valence-corrected chi connectivity index (χ4v) is 5.75. The number of halogens is 2. The van der Waals surface area contributed by atoms with Crippen LogP contribution in [0.5, 0.6) is 0 Å².